The molecule has 0 heterocycles. The average molecular weight is 289 g/mol. The fourth-order valence-corrected chi connectivity index (χ4v) is 2.31. The maximum atomic E-state index is 11.3. The maximum absolute atomic E-state index is 11.3. The number of nitro groups is 1. The minimum atomic E-state index is -4.18. The molecule has 0 aliphatic rings. The van der Waals surface area contributed by atoms with Crippen molar-refractivity contribution in [1.82, 2.24) is 0 Å². The Labute approximate surface area is 110 Å². The second kappa shape index (κ2) is 5.95. The number of nitro benzene ring substituents is 1. The molecule has 9 heteroatoms. The minimum absolute atomic E-state index is 0.0532. The highest BCUT2D eigenvalue weighted by molar-refractivity contribution is 7.89. The van der Waals surface area contributed by atoms with Gasteiger partial charge in [0.25, 0.3) is 0 Å². The smallest absolute Gasteiger partial charge is 0.312 e. The predicted molar refractivity (Wildman–Crippen MR) is 69.3 cm³/mol. The van der Waals surface area contributed by atoms with Crippen LogP contribution >= 0.6 is 0 Å². The quantitative estimate of drug-likeness (QED) is 0.513. The number of hydrogen-bond donors (Lipinski definition) is 3. The van der Waals surface area contributed by atoms with E-state index >= 15 is 0 Å². The lowest BCUT2D eigenvalue weighted by Gasteiger charge is -2.14. The van der Waals surface area contributed by atoms with Crippen molar-refractivity contribution in [2.24, 2.45) is 5.14 Å². The Kier molecular flexibility index (Phi) is 4.81. The van der Waals surface area contributed by atoms with Crippen molar-refractivity contribution in [2.45, 2.75) is 24.3 Å². The van der Waals surface area contributed by atoms with Gasteiger partial charge in [-0.2, -0.15) is 0 Å². The van der Waals surface area contributed by atoms with Gasteiger partial charge in [0.05, 0.1) is 4.92 Å². The van der Waals surface area contributed by atoms with Crippen molar-refractivity contribution < 1.29 is 18.4 Å². The minimum Gasteiger partial charge on any atom is -0.396 e. The molecule has 0 spiro atoms. The molecule has 0 aromatic heterocycles. The Hall–Kier alpha value is -1.71. The van der Waals surface area contributed by atoms with Gasteiger partial charge in [-0.25, -0.2) is 13.6 Å². The van der Waals surface area contributed by atoms with E-state index in [4.69, 9.17) is 10.2 Å². The third kappa shape index (κ3) is 3.88. The number of nitrogens with zero attached hydrogens (tertiary/aromatic N) is 1. The number of aliphatic hydroxyl groups excluding tert-OH is 1. The summed E-state index contributed by atoms with van der Waals surface area (Å²) in [6, 6.07) is 3.58. The molecule has 0 radical (unpaired) electrons. The summed E-state index contributed by atoms with van der Waals surface area (Å²) in [5.41, 5.74) is -0.535. The third-order valence-corrected chi connectivity index (χ3v) is 3.39. The van der Waals surface area contributed by atoms with Crippen LogP contribution in [0.5, 0.6) is 0 Å². The number of rotatable bonds is 6. The molecule has 0 bridgehead atoms. The Morgan fingerprint density at radius 2 is 2.16 bits per heavy atom. The molecule has 8 nitrogen and oxygen atoms in total. The van der Waals surface area contributed by atoms with E-state index in [1.807, 2.05) is 0 Å². The topological polar surface area (TPSA) is 136 Å². The summed E-state index contributed by atoms with van der Waals surface area (Å²) in [4.78, 5) is 9.68. The summed E-state index contributed by atoms with van der Waals surface area (Å²) < 4.78 is 22.7. The molecule has 0 amide bonds. The van der Waals surface area contributed by atoms with Crippen molar-refractivity contribution >= 4 is 21.4 Å². The Balaban J connectivity index is 3.29. The van der Waals surface area contributed by atoms with Gasteiger partial charge in [-0.1, -0.05) is 6.07 Å². The number of sulfonamides is 1. The molecule has 106 valence electrons. The van der Waals surface area contributed by atoms with Crippen LogP contribution in [0.4, 0.5) is 11.4 Å². The summed E-state index contributed by atoms with van der Waals surface area (Å²) in [6.07, 6.45) is 0.372. The van der Waals surface area contributed by atoms with Crippen LogP contribution in [0.25, 0.3) is 0 Å². The molecule has 0 fully saturated rings. The Morgan fingerprint density at radius 1 is 1.53 bits per heavy atom. The van der Waals surface area contributed by atoms with Gasteiger partial charge in [0.1, 0.15) is 5.69 Å². The Bertz CT molecular complexity index is 573. The number of anilines is 1. The number of benzene rings is 1. The zero-order valence-electron chi connectivity index (χ0n) is 10.2. The van der Waals surface area contributed by atoms with Crippen molar-refractivity contribution in [1.29, 1.82) is 0 Å². The number of aliphatic hydroxyl groups is 1. The summed E-state index contributed by atoms with van der Waals surface area (Å²) in [7, 11) is -4.18. The molecular formula is C10H15N3O5S. The molecule has 1 rings (SSSR count). The summed E-state index contributed by atoms with van der Waals surface area (Å²) in [5, 5.41) is 27.5. The van der Waals surface area contributed by atoms with E-state index in [0.717, 1.165) is 6.07 Å². The molecule has 0 saturated heterocycles. The second-order valence-corrected chi connectivity index (χ2v) is 5.54. The largest absolute Gasteiger partial charge is 0.396 e. The molecule has 19 heavy (non-hydrogen) atoms. The lowest BCUT2D eigenvalue weighted by molar-refractivity contribution is -0.386. The fraction of sp³-hybridized carbons (Fsp3) is 0.400. The normalized spacial score (nSPS) is 13.0. The standard InChI is InChI=1S/C10H15N3O5S/c1-7(5-6-14)12-8-3-2-4-9(19(11,17)18)10(8)13(15)16/h2-4,7,12,14H,5-6H2,1H3,(H2,11,17,18). The van der Waals surface area contributed by atoms with Crippen LogP contribution in [-0.4, -0.2) is 31.1 Å². The molecule has 0 aliphatic carbocycles. The van der Waals surface area contributed by atoms with Crippen LogP contribution in [0.15, 0.2) is 23.1 Å². The molecule has 1 unspecified atom stereocenters. The monoisotopic (exact) mass is 289 g/mol. The zero-order chi connectivity index (χ0) is 14.6. The molecule has 0 saturated carbocycles. The number of nitrogens with two attached hydrogens (primary N) is 1. The van der Waals surface area contributed by atoms with Crippen LogP contribution in [0.3, 0.4) is 0 Å². The van der Waals surface area contributed by atoms with Crippen LogP contribution in [0.2, 0.25) is 0 Å². The van der Waals surface area contributed by atoms with Crippen molar-refractivity contribution in [3.63, 3.8) is 0 Å². The van der Waals surface area contributed by atoms with Crippen molar-refractivity contribution in [2.75, 3.05) is 11.9 Å². The van der Waals surface area contributed by atoms with Gasteiger partial charge in [0, 0.05) is 12.6 Å². The van der Waals surface area contributed by atoms with Crippen molar-refractivity contribution in [3.05, 3.63) is 28.3 Å². The van der Waals surface area contributed by atoms with Crippen LogP contribution in [-0.2, 0) is 10.0 Å². The average Bonchev–Trinajstić information content (AvgIpc) is 2.27. The summed E-state index contributed by atoms with van der Waals surface area (Å²) in [6.45, 7) is 1.63. The number of primary sulfonamides is 1. The molecular weight excluding hydrogens is 274 g/mol. The van der Waals surface area contributed by atoms with E-state index in [1.165, 1.54) is 12.1 Å². The molecule has 0 aliphatic heterocycles. The van der Waals surface area contributed by atoms with Gasteiger partial charge < -0.3 is 10.4 Å². The molecule has 1 aromatic rings. The first-order valence-corrected chi connectivity index (χ1v) is 6.99. The SMILES string of the molecule is CC(CCO)Nc1cccc(S(N)(=O)=O)c1[N+](=O)[O-]. The first-order chi connectivity index (χ1) is 8.77. The number of nitrogens with one attached hydrogen (secondary N) is 1. The summed E-state index contributed by atoms with van der Waals surface area (Å²) in [5.74, 6) is 0. The van der Waals surface area contributed by atoms with Gasteiger partial charge in [-0.15, -0.1) is 0 Å². The van der Waals surface area contributed by atoms with E-state index in [-0.39, 0.29) is 18.3 Å². The van der Waals surface area contributed by atoms with Crippen LogP contribution in [0.1, 0.15) is 13.3 Å². The van der Waals surface area contributed by atoms with Gasteiger partial charge >= 0.3 is 5.69 Å². The maximum Gasteiger partial charge on any atom is 0.312 e. The number of para-hydroxylation sites is 1. The lowest BCUT2D eigenvalue weighted by Crippen LogP contribution is -2.19. The highest BCUT2D eigenvalue weighted by Gasteiger charge is 2.27. The predicted octanol–water partition coefficient (Wildman–Crippen LogP) is 0.425. The fourth-order valence-electron chi connectivity index (χ4n) is 1.59. The van der Waals surface area contributed by atoms with E-state index in [0.29, 0.717) is 6.42 Å². The van der Waals surface area contributed by atoms with E-state index in [9.17, 15) is 18.5 Å². The Morgan fingerprint density at radius 3 is 2.63 bits per heavy atom. The first-order valence-electron chi connectivity index (χ1n) is 5.45. The van der Waals surface area contributed by atoms with Gasteiger partial charge in [-0.3, -0.25) is 10.1 Å². The van der Waals surface area contributed by atoms with Gasteiger partial charge in [-0.05, 0) is 25.5 Å². The van der Waals surface area contributed by atoms with Crippen LogP contribution in [0, 0.1) is 10.1 Å². The van der Waals surface area contributed by atoms with Crippen molar-refractivity contribution in [3.8, 4) is 0 Å². The number of hydrogen-bond acceptors (Lipinski definition) is 6. The highest BCUT2D eigenvalue weighted by atomic mass is 32.2. The highest BCUT2D eigenvalue weighted by Crippen LogP contribution is 2.31. The zero-order valence-corrected chi connectivity index (χ0v) is 11.1. The first kappa shape index (κ1) is 15.3. The third-order valence-electron chi connectivity index (χ3n) is 2.45. The molecule has 1 atom stereocenters. The molecule has 1 aromatic carbocycles. The van der Waals surface area contributed by atoms with Gasteiger partial charge in [0.15, 0.2) is 4.90 Å². The van der Waals surface area contributed by atoms with E-state index in [1.54, 1.807) is 6.92 Å². The van der Waals surface area contributed by atoms with E-state index < -0.39 is 25.5 Å². The van der Waals surface area contributed by atoms with Gasteiger partial charge in [0.2, 0.25) is 10.0 Å². The molecule has 4 N–H and O–H groups in total. The summed E-state index contributed by atoms with van der Waals surface area (Å²) >= 11 is 0. The van der Waals surface area contributed by atoms with Crippen LogP contribution < -0.4 is 10.5 Å². The lowest BCUT2D eigenvalue weighted by atomic mass is 10.2. The van der Waals surface area contributed by atoms with E-state index in [2.05, 4.69) is 5.32 Å². The second-order valence-electron chi connectivity index (χ2n) is 4.01.